The molecule has 0 saturated heterocycles. The topological polar surface area (TPSA) is 70.7 Å². The van der Waals surface area contributed by atoms with Crippen LogP contribution >= 0.6 is 11.3 Å². The molecule has 0 aliphatic heterocycles. The van der Waals surface area contributed by atoms with Gasteiger partial charge in [0.15, 0.2) is 0 Å². The molecule has 0 radical (unpaired) electrons. The fourth-order valence-electron chi connectivity index (χ4n) is 0.974. The summed E-state index contributed by atoms with van der Waals surface area (Å²) in [4.78, 5) is 22.7. The first-order chi connectivity index (χ1) is 6.86. The molecule has 0 fully saturated rings. The van der Waals surface area contributed by atoms with Gasteiger partial charge in [-0.2, -0.15) is 0 Å². The molecule has 2 N–H and O–H groups in total. The molecule has 0 atom stereocenters. The Hall–Kier alpha value is -1.69. The zero-order valence-corrected chi connectivity index (χ0v) is 8.04. The van der Waals surface area contributed by atoms with Gasteiger partial charge in [0.1, 0.15) is 10.7 Å². The maximum absolute atomic E-state index is 11.4. The molecule has 0 aliphatic rings. The number of imidazole rings is 1. The Balaban J connectivity index is 1.90. The quantitative estimate of drug-likeness (QED) is 0.783. The van der Waals surface area contributed by atoms with Crippen LogP contribution in [0.3, 0.4) is 0 Å². The average Bonchev–Trinajstić information content (AvgIpc) is 2.87. The van der Waals surface area contributed by atoms with Crippen LogP contribution in [0.1, 0.15) is 15.5 Å². The molecule has 2 rings (SSSR count). The van der Waals surface area contributed by atoms with Gasteiger partial charge in [0.25, 0.3) is 5.91 Å². The third-order valence-electron chi connectivity index (χ3n) is 1.63. The summed E-state index contributed by atoms with van der Waals surface area (Å²) in [6.07, 6.45) is 4.91. The van der Waals surface area contributed by atoms with E-state index in [1.165, 1.54) is 11.3 Å². The molecule has 1 amide bonds. The van der Waals surface area contributed by atoms with Gasteiger partial charge in [0, 0.05) is 12.4 Å². The van der Waals surface area contributed by atoms with Crippen molar-refractivity contribution in [2.45, 2.75) is 6.54 Å². The van der Waals surface area contributed by atoms with Crippen LogP contribution in [0.2, 0.25) is 0 Å². The van der Waals surface area contributed by atoms with Crippen molar-refractivity contribution in [2.75, 3.05) is 0 Å². The summed E-state index contributed by atoms with van der Waals surface area (Å²) in [6, 6.07) is 0. The van der Waals surface area contributed by atoms with Crippen molar-refractivity contribution in [1.29, 1.82) is 0 Å². The number of amides is 1. The number of carbonyl (C=O) groups is 1. The molecule has 0 aliphatic carbocycles. The van der Waals surface area contributed by atoms with E-state index in [1.807, 2.05) is 0 Å². The van der Waals surface area contributed by atoms with E-state index >= 15 is 0 Å². The lowest BCUT2D eigenvalue weighted by molar-refractivity contribution is 0.0954. The fraction of sp³-hybridized carbons (Fsp3) is 0.125. The van der Waals surface area contributed by atoms with Crippen molar-refractivity contribution in [3.05, 3.63) is 34.8 Å². The highest BCUT2D eigenvalue weighted by molar-refractivity contribution is 7.11. The van der Waals surface area contributed by atoms with Gasteiger partial charge in [-0.15, -0.1) is 11.3 Å². The second-order valence-corrected chi connectivity index (χ2v) is 3.47. The number of hydrogen-bond donors (Lipinski definition) is 2. The molecule has 72 valence electrons. The SMILES string of the molecule is O=C(NCc1ncc[nH]1)c1cncs1. The van der Waals surface area contributed by atoms with E-state index < -0.39 is 0 Å². The number of aromatic nitrogens is 3. The van der Waals surface area contributed by atoms with Crippen molar-refractivity contribution in [3.63, 3.8) is 0 Å². The molecular weight excluding hydrogens is 200 g/mol. The van der Waals surface area contributed by atoms with Gasteiger partial charge in [-0.25, -0.2) is 4.98 Å². The third-order valence-corrected chi connectivity index (χ3v) is 2.40. The number of rotatable bonds is 3. The number of nitrogens with zero attached hydrogens (tertiary/aromatic N) is 2. The lowest BCUT2D eigenvalue weighted by atomic mass is 10.5. The molecule has 0 saturated carbocycles. The zero-order chi connectivity index (χ0) is 9.80. The molecule has 0 bridgehead atoms. The molecule has 2 aromatic rings. The van der Waals surface area contributed by atoms with Crippen molar-refractivity contribution in [2.24, 2.45) is 0 Å². The van der Waals surface area contributed by atoms with Gasteiger partial charge < -0.3 is 10.3 Å². The molecule has 0 aromatic carbocycles. The Labute approximate surface area is 84.2 Å². The molecule has 14 heavy (non-hydrogen) atoms. The Morgan fingerprint density at radius 2 is 2.57 bits per heavy atom. The minimum Gasteiger partial charge on any atom is -0.347 e. The van der Waals surface area contributed by atoms with Gasteiger partial charge in [-0.1, -0.05) is 0 Å². The number of nitrogens with one attached hydrogen (secondary N) is 2. The van der Waals surface area contributed by atoms with Crippen LogP contribution in [0.5, 0.6) is 0 Å². The third kappa shape index (κ3) is 1.97. The Morgan fingerprint density at radius 1 is 1.64 bits per heavy atom. The summed E-state index contributed by atoms with van der Waals surface area (Å²) >= 11 is 1.31. The van der Waals surface area contributed by atoms with E-state index in [-0.39, 0.29) is 5.91 Å². The predicted octanol–water partition coefficient (Wildman–Crippen LogP) is 0.796. The highest BCUT2D eigenvalue weighted by atomic mass is 32.1. The highest BCUT2D eigenvalue weighted by Crippen LogP contribution is 2.04. The van der Waals surface area contributed by atoms with E-state index in [1.54, 1.807) is 24.1 Å². The highest BCUT2D eigenvalue weighted by Gasteiger charge is 2.06. The van der Waals surface area contributed by atoms with E-state index in [0.29, 0.717) is 11.4 Å². The number of thiazole rings is 1. The number of carbonyl (C=O) groups excluding carboxylic acids is 1. The van der Waals surface area contributed by atoms with Crippen LogP contribution in [-0.2, 0) is 6.54 Å². The first kappa shape index (κ1) is 8.89. The smallest absolute Gasteiger partial charge is 0.263 e. The molecule has 0 unspecified atom stereocenters. The van der Waals surface area contributed by atoms with Crippen LogP contribution in [0, 0.1) is 0 Å². The summed E-state index contributed by atoms with van der Waals surface area (Å²) in [6.45, 7) is 0.406. The summed E-state index contributed by atoms with van der Waals surface area (Å²) in [5.41, 5.74) is 1.63. The largest absolute Gasteiger partial charge is 0.347 e. The van der Waals surface area contributed by atoms with Gasteiger partial charge in [-0.3, -0.25) is 9.78 Å². The second kappa shape index (κ2) is 4.01. The maximum Gasteiger partial charge on any atom is 0.263 e. The molecule has 2 aromatic heterocycles. The molecular formula is C8H8N4OS. The van der Waals surface area contributed by atoms with Crippen LogP contribution in [-0.4, -0.2) is 20.9 Å². The Kier molecular flexibility index (Phi) is 2.55. The molecule has 0 spiro atoms. The van der Waals surface area contributed by atoms with Crippen molar-refractivity contribution < 1.29 is 4.79 Å². The molecule has 5 nitrogen and oxygen atoms in total. The first-order valence-electron chi connectivity index (χ1n) is 4.01. The van der Waals surface area contributed by atoms with Crippen LogP contribution < -0.4 is 5.32 Å². The van der Waals surface area contributed by atoms with Gasteiger partial charge in [0.2, 0.25) is 0 Å². The first-order valence-corrected chi connectivity index (χ1v) is 4.89. The maximum atomic E-state index is 11.4. The van der Waals surface area contributed by atoms with Crippen LogP contribution in [0.4, 0.5) is 0 Å². The fourth-order valence-corrected chi connectivity index (χ4v) is 1.51. The number of H-pyrrole nitrogens is 1. The Morgan fingerprint density at radius 3 is 3.21 bits per heavy atom. The molecule has 2 heterocycles. The van der Waals surface area contributed by atoms with Crippen LogP contribution in [0.15, 0.2) is 24.1 Å². The summed E-state index contributed by atoms with van der Waals surface area (Å²) in [7, 11) is 0. The van der Waals surface area contributed by atoms with Crippen molar-refractivity contribution in [1.82, 2.24) is 20.3 Å². The summed E-state index contributed by atoms with van der Waals surface area (Å²) in [5, 5.41) is 2.73. The molecule has 6 heteroatoms. The van der Waals surface area contributed by atoms with E-state index in [4.69, 9.17) is 0 Å². The normalized spacial score (nSPS) is 10.0. The minimum absolute atomic E-state index is 0.121. The second-order valence-electron chi connectivity index (χ2n) is 2.58. The minimum atomic E-state index is -0.121. The van der Waals surface area contributed by atoms with E-state index in [9.17, 15) is 4.79 Å². The average molecular weight is 208 g/mol. The number of hydrogen-bond acceptors (Lipinski definition) is 4. The zero-order valence-electron chi connectivity index (χ0n) is 7.23. The van der Waals surface area contributed by atoms with E-state index in [0.717, 1.165) is 5.82 Å². The monoisotopic (exact) mass is 208 g/mol. The van der Waals surface area contributed by atoms with Gasteiger partial charge in [0.05, 0.1) is 18.3 Å². The summed E-state index contributed by atoms with van der Waals surface area (Å²) in [5.74, 6) is 0.617. The summed E-state index contributed by atoms with van der Waals surface area (Å²) < 4.78 is 0. The van der Waals surface area contributed by atoms with Gasteiger partial charge in [-0.05, 0) is 0 Å². The lowest BCUT2D eigenvalue weighted by Crippen LogP contribution is -2.22. The lowest BCUT2D eigenvalue weighted by Gasteiger charge is -1.99. The van der Waals surface area contributed by atoms with E-state index in [2.05, 4.69) is 20.3 Å². The van der Waals surface area contributed by atoms with Crippen molar-refractivity contribution >= 4 is 17.2 Å². The number of aromatic amines is 1. The predicted molar refractivity (Wildman–Crippen MR) is 51.9 cm³/mol. The van der Waals surface area contributed by atoms with Crippen LogP contribution in [0.25, 0.3) is 0 Å². The Bertz CT molecular complexity index is 395. The standard InChI is InChI=1S/C8H8N4OS/c13-8(6-3-9-5-14-6)12-4-7-10-1-2-11-7/h1-3,5H,4H2,(H,10,11)(H,12,13). The van der Waals surface area contributed by atoms with Crippen molar-refractivity contribution in [3.8, 4) is 0 Å². The van der Waals surface area contributed by atoms with Gasteiger partial charge >= 0.3 is 0 Å².